The van der Waals surface area contributed by atoms with E-state index in [2.05, 4.69) is 51.3 Å². The second-order valence-electron chi connectivity index (χ2n) is 6.25. The maximum absolute atomic E-state index is 9.28. The van der Waals surface area contributed by atoms with Gasteiger partial charge in [0.2, 0.25) is 0 Å². The second-order valence-corrected chi connectivity index (χ2v) is 6.25. The summed E-state index contributed by atoms with van der Waals surface area (Å²) >= 11 is 0. The lowest BCUT2D eigenvalue weighted by Gasteiger charge is -2.12. The van der Waals surface area contributed by atoms with Gasteiger partial charge in [0.1, 0.15) is 0 Å². The Morgan fingerprint density at radius 3 is 2.50 bits per heavy atom. The number of hydrogen-bond donors (Lipinski definition) is 0. The van der Waals surface area contributed by atoms with E-state index in [1.54, 1.807) is 0 Å². The first-order chi connectivity index (χ1) is 11.6. The molecule has 1 heteroatoms. The standard InChI is InChI=1S/C23H25N/c1-5-17(2)9-8-10-18(3)22-14-13-20(15-19(22)4)23-12-7-6-11-21(23)16-24/h6-7,11-15H,2-3,5,8-10H2,1,4H3. The summed E-state index contributed by atoms with van der Waals surface area (Å²) in [6.07, 6.45) is 4.22. The normalized spacial score (nSPS) is 10.2. The van der Waals surface area contributed by atoms with Gasteiger partial charge in [-0.25, -0.2) is 0 Å². The lowest BCUT2D eigenvalue weighted by molar-refractivity contribution is 0.815. The summed E-state index contributed by atoms with van der Waals surface area (Å²) in [5.74, 6) is 0. The van der Waals surface area contributed by atoms with E-state index in [1.807, 2.05) is 24.3 Å². The van der Waals surface area contributed by atoms with Gasteiger partial charge in [0, 0.05) is 0 Å². The SMILES string of the molecule is C=C(CC)CCCC(=C)c1ccc(-c2ccccc2C#N)cc1C. The van der Waals surface area contributed by atoms with Crippen LogP contribution < -0.4 is 0 Å². The zero-order valence-electron chi connectivity index (χ0n) is 14.7. The molecule has 0 aliphatic heterocycles. The molecule has 2 aromatic carbocycles. The molecule has 0 fully saturated rings. The van der Waals surface area contributed by atoms with Crippen molar-refractivity contribution >= 4 is 5.57 Å². The molecule has 0 atom stereocenters. The number of aryl methyl sites for hydroxylation is 1. The second kappa shape index (κ2) is 8.31. The summed E-state index contributed by atoms with van der Waals surface area (Å²) in [5.41, 5.74) is 7.69. The fraction of sp³-hybridized carbons (Fsp3) is 0.261. The summed E-state index contributed by atoms with van der Waals surface area (Å²) in [5, 5.41) is 9.28. The van der Waals surface area contributed by atoms with Crippen LogP contribution in [-0.2, 0) is 0 Å². The Kier molecular flexibility index (Phi) is 6.15. The maximum atomic E-state index is 9.28. The molecule has 0 saturated heterocycles. The van der Waals surface area contributed by atoms with Gasteiger partial charge in [-0.05, 0) is 66.5 Å². The van der Waals surface area contributed by atoms with Gasteiger partial charge in [-0.3, -0.25) is 0 Å². The number of hydrogen-bond acceptors (Lipinski definition) is 1. The van der Waals surface area contributed by atoms with Crippen molar-refractivity contribution in [2.45, 2.75) is 39.5 Å². The summed E-state index contributed by atoms with van der Waals surface area (Å²) < 4.78 is 0. The van der Waals surface area contributed by atoms with E-state index in [4.69, 9.17) is 0 Å². The molecular weight excluding hydrogens is 290 g/mol. The summed E-state index contributed by atoms with van der Waals surface area (Å²) in [6.45, 7) is 12.6. The van der Waals surface area contributed by atoms with E-state index in [1.165, 1.54) is 22.3 Å². The molecule has 0 amide bonds. The van der Waals surface area contributed by atoms with E-state index >= 15 is 0 Å². The minimum absolute atomic E-state index is 0.710. The van der Waals surface area contributed by atoms with Crippen LogP contribution in [0.25, 0.3) is 16.7 Å². The van der Waals surface area contributed by atoms with Crippen molar-refractivity contribution < 1.29 is 0 Å². The number of rotatable bonds is 7. The molecule has 122 valence electrons. The number of allylic oxidation sites excluding steroid dienone is 2. The van der Waals surface area contributed by atoms with Gasteiger partial charge in [0.15, 0.2) is 0 Å². The minimum atomic E-state index is 0.710. The van der Waals surface area contributed by atoms with Crippen molar-refractivity contribution in [2.24, 2.45) is 0 Å². The number of nitrogens with zero attached hydrogens (tertiary/aromatic N) is 1. The van der Waals surface area contributed by atoms with Gasteiger partial charge < -0.3 is 0 Å². The van der Waals surface area contributed by atoms with E-state index in [0.29, 0.717) is 5.56 Å². The smallest absolute Gasteiger partial charge is 0.0998 e. The molecule has 0 N–H and O–H groups in total. The summed E-state index contributed by atoms with van der Waals surface area (Å²) in [4.78, 5) is 0. The van der Waals surface area contributed by atoms with Crippen molar-refractivity contribution in [1.29, 1.82) is 5.26 Å². The highest BCUT2D eigenvalue weighted by Crippen LogP contribution is 2.29. The van der Waals surface area contributed by atoms with Gasteiger partial charge in [0.25, 0.3) is 0 Å². The molecule has 24 heavy (non-hydrogen) atoms. The topological polar surface area (TPSA) is 23.8 Å². The average Bonchev–Trinajstić information content (AvgIpc) is 2.61. The molecule has 2 aromatic rings. The van der Waals surface area contributed by atoms with Gasteiger partial charge in [0.05, 0.1) is 11.6 Å². The fourth-order valence-corrected chi connectivity index (χ4v) is 2.92. The third-order valence-electron chi connectivity index (χ3n) is 4.47. The van der Waals surface area contributed by atoms with Crippen LogP contribution in [0.1, 0.15) is 49.3 Å². The molecule has 0 aliphatic rings. The molecular formula is C23H25N. The van der Waals surface area contributed by atoms with Gasteiger partial charge in [-0.15, -0.1) is 0 Å². The molecule has 0 radical (unpaired) electrons. The minimum Gasteiger partial charge on any atom is -0.192 e. The monoisotopic (exact) mass is 315 g/mol. The van der Waals surface area contributed by atoms with Crippen molar-refractivity contribution in [2.75, 3.05) is 0 Å². The van der Waals surface area contributed by atoms with E-state index in [0.717, 1.165) is 36.8 Å². The van der Waals surface area contributed by atoms with Crippen molar-refractivity contribution in [3.05, 3.63) is 77.9 Å². The Balaban J connectivity index is 2.17. The Bertz CT molecular complexity index is 790. The lowest BCUT2D eigenvalue weighted by atomic mass is 9.92. The predicted octanol–water partition coefficient (Wildman–Crippen LogP) is 6.68. The van der Waals surface area contributed by atoms with E-state index in [-0.39, 0.29) is 0 Å². The molecule has 0 saturated carbocycles. The molecule has 0 heterocycles. The number of benzene rings is 2. The highest BCUT2D eigenvalue weighted by atomic mass is 14.2. The van der Waals surface area contributed by atoms with Crippen LogP contribution in [0.15, 0.2) is 61.2 Å². The molecule has 1 nitrogen and oxygen atoms in total. The highest BCUT2D eigenvalue weighted by Gasteiger charge is 2.08. The lowest BCUT2D eigenvalue weighted by Crippen LogP contribution is -1.92. The van der Waals surface area contributed by atoms with Gasteiger partial charge in [-0.1, -0.05) is 62.1 Å². The maximum Gasteiger partial charge on any atom is 0.0998 e. The first-order valence-corrected chi connectivity index (χ1v) is 8.51. The first kappa shape index (κ1) is 17.8. The predicted molar refractivity (Wildman–Crippen MR) is 104 cm³/mol. The zero-order valence-corrected chi connectivity index (χ0v) is 14.7. The largest absolute Gasteiger partial charge is 0.192 e. The Morgan fingerprint density at radius 1 is 1.08 bits per heavy atom. The third kappa shape index (κ3) is 4.24. The van der Waals surface area contributed by atoms with Crippen LogP contribution in [0.2, 0.25) is 0 Å². The van der Waals surface area contributed by atoms with Gasteiger partial charge >= 0.3 is 0 Å². The summed E-state index contributed by atoms with van der Waals surface area (Å²) in [7, 11) is 0. The fourth-order valence-electron chi connectivity index (χ4n) is 2.92. The Labute approximate surface area is 146 Å². The molecule has 0 aliphatic carbocycles. The number of nitriles is 1. The highest BCUT2D eigenvalue weighted by molar-refractivity contribution is 5.75. The van der Waals surface area contributed by atoms with Gasteiger partial charge in [-0.2, -0.15) is 5.26 Å². The molecule has 0 aromatic heterocycles. The molecule has 0 spiro atoms. The van der Waals surface area contributed by atoms with E-state index < -0.39 is 0 Å². The third-order valence-corrected chi connectivity index (χ3v) is 4.47. The van der Waals surface area contributed by atoms with Crippen molar-refractivity contribution in [3.63, 3.8) is 0 Å². The summed E-state index contributed by atoms with van der Waals surface area (Å²) in [6, 6.07) is 16.4. The van der Waals surface area contributed by atoms with Crippen LogP contribution in [0, 0.1) is 18.3 Å². The van der Waals surface area contributed by atoms with Crippen LogP contribution in [-0.4, -0.2) is 0 Å². The molecule has 0 unspecified atom stereocenters. The van der Waals surface area contributed by atoms with Crippen LogP contribution in [0.3, 0.4) is 0 Å². The quantitative estimate of drug-likeness (QED) is 0.522. The first-order valence-electron chi connectivity index (χ1n) is 8.51. The van der Waals surface area contributed by atoms with Crippen molar-refractivity contribution in [3.8, 4) is 17.2 Å². The van der Waals surface area contributed by atoms with Crippen LogP contribution in [0.4, 0.5) is 0 Å². The molecule has 0 bridgehead atoms. The Hall–Kier alpha value is -2.59. The zero-order chi connectivity index (χ0) is 17.5. The Morgan fingerprint density at radius 2 is 1.83 bits per heavy atom. The van der Waals surface area contributed by atoms with E-state index in [9.17, 15) is 5.26 Å². The average molecular weight is 315 g/mol. The van der Waals surface area contributed by atoms with Crippen LogP contribution in [0.5, 0.6) is 0 Å². The van der Waals surface area contributed by atoms with Crippen molar-refractivity contribution in [1.82, 2.24) is 0 Å². The van der Waals surface area contributed by atoms with Crippen LogP contribution >= 0.6 is 0 Å². The molecule has 2 rings (SSSR count).